The van der Waals surface area contributed by atoms with E-state index < -0.39 is 29.4 Å². The molecule has 0 amide bonds. The van der Waals surface area contributed by atoms with E-state index in [9.17, 15) is 9.59 Å². The Bertz CT molecular complexity index is 743. The number of H-pyrrole nitrogens is 1. The lowest BCUT2D eigenvalue weighted by atomic mass is 10.1. The van der Waals surface area contributed by atoms with Crippen LogP contribution in [0.4, 0.5) is 0 Å². The molecule has 1 aromatic heterocycles. The monoisotopic (exact) mass is 450 g/mol. The number of halogens is 2. The fraction of sp³-hybridized carbons (Fsp3) is 0.571. The number of alkyl halides is 1. The number of aromatic nitrogens is 2. The summed E-state index contributed by atoms with van der Waals surface area (Å²) in [6.07, 6.45) is 1.16. The zero-order valence-corrected chi connectivity index (χ0v) is 15.7. The van der Waals surface area contributed by atoms with Crippen molar-refractivity contribution in [1.82, 2.24) is 9.55 Å². The molecule has 0 aromatic carbocycles. The zero-order chi connectivity index (χ0) is 16.9. The fourth-order valence-corrected chi connectivity index (χ4v) is 3.62. The van der Waals surface area contributed by atoms with Crippen molar-refractivity contribution < 1.29 is 14.2 Å². The Balaban J connectivity index is 2.03. The lowest BCUT2D eigenvalue weighted by Crippen LogP contribution is -2.37. The van der Waals surface area contributed by atoms with Crippen molar-refractivity contribution in [3.63, 3.8) is 0 Å². The minimum absolute atomic E-state index is 0.167. The first-order chi connectivity index (χ1) is 10.7. The van der Waals surface area contributed by atoms with Crippen molar-refractivity contribution in [1.29, 1.82) is 0 Å². The third-order valence-corrected chi connectivity index (χ3v) is 5.26. The lowest BCUT2D eigenvalue weighted by molar-refractivity contribution is -0.196. The molecule has 0 aliphatic carbocycles. The first-order valence-corrected chi connectivity index (χ1v) is 8.73. The lowest BCUT2D eigenvalue weighted by Gasteiger charge is -2.26. The highest BCUT2D eigenvalue weighted by molar-refractivity contribution is 9.10. The Kier molecular flexibility index (Phi) is 4.43. The molecule has 2 saturated heterocycles. The Morgan fingerprint density at radius 1 is 1.39 bits per heavy atom. The standard InChI is InChI=1S/C14H16Br2N2O5/c1-4-6(15)8-9-10(23-14(2,3)22-9)12(21-8)18-5-7(16)11(19)17-13(18)20/h4-6,8-10,12H,1H2,2-3H3,(H,17,19,20)/t6?,8-,9-,10-,12-/m1/s1. The summed E-state index contributed by atoms with van der Waals surface area (Å²) in [6, 6.07) is 0. The first-order valence-electron chi connectivity index (χ1n) is 7.02. The smallest absolute Gasteiger partial charge is 0.330 e. The minimum atomic E-state index is -0.785. The molecule has 0 spiro atoms. The van der Waals surface area contributed by atoms with Gasteiger partial charge in [0, 0.05) is 6.20 Å². The molecule has 2 aliphatic rings. The Hall–Kier alpha value is -0.740. The van der Waals surface area contributed by atoms with Gasteiger partial charge in [-0.25, -0.2) is 4.79 Å². The Labute approximate surface area is 148 Å². The van der Waals surface area contributed by atoms with Crippen LogP contribution in [0.3, 0.4) is 0 Å². The summed E-state index contributed by atoms with van der Waals surface area (Å²) in [6.45, 7) is 7.37. The van der Waals surface area contributed by atoms with E-state index in [1.54, 1.807) is 6.08 Å². The average Bonchev–Trinajstić information content (AvgIpc) is 2.95. The van der Waals surface area contributed by atoms with Crippen molar-refractivity contribution in [2.45, 2.75) is 49.0 Å². The second kappa shape index (κ2) is 5.96. The number of ether oxygens (including phenoxy) is 3. The van der Waals surface area contributed by atoms with Crippen LogP contribution in [0.5, 0.6) is 0 Å². The Morgan fingerprint density at radius 2 is 2.04 bits per heavy atom. The molecule has 1 unspecified atom stereocenters. The van der Waals surface area contributed by atoms with Crippen LogP contribution in [-0.2, 0) is 14.2 Å². The highest BCUT2D eigenvalue weighted by atomic mass is 79.9. The predicted octanol–water partition coefficient (Wildman–Crippen LogP) is 1.67. The number of hydrogen-bond donors (Lipinski definition) is 1. The molecule has 1 N–H and O–H groups in total. The molecule has 9 heteroatoms. The number of hydrogen-bond acceptors (Lipinski definition) is 5. The van der Waals surface area contributed by atoms with Gasteiger partial charge in [0.15, 0.2) is 12.0 Å². The number of fused-ring (bicyclic) bond motifs is 1. The maximum absolute atomic E-state index is 12.2. The van der Waals surface area contributed by atoms with Gasteiger partial charge >= 0.3 is 5.69 Å². The normalized spacial score (nSPS) is 33.4. The second-order valence-corrected chi connectivity index (χ2v) is 7.79. The van der Waals surface area contributed by atoms with Crippen LogP contribution in [0, 0.1) is 0 Å². The van der Waals surface area contributed by atoms with Crippen LogP contribution < -0.4 is 11.2 Å². The molecule has 0 saturated carbocycles. The molecular weight excluding hydrogens is 436 g/mol. The maximum Gasteiger partial charge on any atom is 0.330 e. The molecule has 126 valence electrons. The molecule has 2 aliphatic heterocycles. The summed E-state index contributed by atoms with van der Waals surface area (Å²) in [5.41, 5.74) is -1.06. The average molecular weight is 452 g/mol. The van der Waals surface area contributed by atoms with Crippen LogP contribution >= 0.6 is 31.9 Å². The zero-order valence-electron chi connectivity index (χ0n) is 12.5. The van der Waals surface area contributed by atoms with E-state index in [0.717, 1.165) is 0 Å². The summed E-state index contributed by atoms with van der Waals surface area (Å²) < 4.78 is 19.4. The number of rotatable bonds is 3. The third kappa shape index (κ3) is 3.00. The van der Waals surface area contributed by atoms with Gasteiger partial charge in [-0.2, -0.15) is 0 Å². The van der Waals surface area contributed by atoms with Crippen molar-refractivity contribution in [2.24, 2.45) is 0 Å². The third-order valence-electron chi connectivity index (χ3n) is 3.80. The molecule has 1 aromatic rings. The van der Waals surface area contributed by atoms with Gasteiger partial charge in [0.1, 0.15) is 18.3 Å². The van der Waals surface area contributed by atoms with Gasteiger partial charge in [0.2, 0.25) is 0 Å². The summed E-state index contributed by atoms with van der Waals surface area (Å²) >= 11 is 6.61. The van der Waals surface area contributed by atoms with E-state index in [2.05, 4.69) is 43.4 Å². The van der Waals surface area contributed by atoms with Crippen molar-refractivity contribution in [3.05, 3.63) is 44.2 Å². The largest absolute Gasteiger partial charge is 0.347 e. The van der Waals surface area contributed by atoms with Gasteiger partial charge < -0.3 is 14.2 Å². The molecular formula is C14H16Br2N2O5. The molecule has 23 heavy (non-hydrogen) atoms. The molecule has 3 heterocycles. The first kappa shape index (κ1) is 17.1. The van der Waals surface area contributed by atoms with Gasteiger partial charge in [-0.1, -0.05) is 22.0 Å². The van der Waals surface area contributed by atoms with Crippen LogP contribution in [0.2, 0.25) is 0 Å². The molecule has 0 bridgehead atoms. The van der Waals surface area contributed by atoms with Crippen LogP contribution in [0.15, 0.2) is 32.9 Å². The van der Waals surface area contributed by atoms with E-state index >= 15 is 0 Å². The fourth-order valence-electron chi connectivity index (χ4n) is 2.87. The van der Waals surface area contributed by atoms with Crippen LogP contribution in [0.25, 0.3) is 0 Å². The Morgan fingerprint density at radius 3 is 2.70 bits per heavy atom. The van der Waals surface area contributed by atoms with Crippen molar-refractivity contribution in [2.75, 3.05) is 0 Å². The molecule has 7 nitrogen and oxygen atoms in total. The number of nitrogens with one attached hydrogen (secondary N) is 1. The van der Waals surface area contributed by atoms with E-state index in [1.165, 1.54) is 10.8 Å². The van der Waals surface area contributed by atoms with Gasteiger partial charge in [-0.3, -0.25) is 14.3 Å². The van der Waals surface area contributed by atoms with Gasteiger partial charge in [0.25, 0.3) is 5.56 Å². The minimum Gasteiger partial charge on any atom is -0.347 e. The quantitative estimate of drug-likeness (QED) is 0.558. The summed E-state index contributed by atoms with van der Waals surface area (Å²) in [5.74, 6) is -0.785. The highest BCUT2D eigenvalue weighted by Crippen LogP contribution is 2.44. The van der Waals surface area contributed by atoms with Crippen LogP contribution in [-0.4, -0.2) is 38.5 Å². The highest BCUT2D eigenvalue weighted by Gasteiger charge is 2.57. The SMILES string of the molecule is C=CC(Br)[C@H]1O[C@@H](n2cc(Br)c(=O)[nH]c2=O)[C@@H]2OC(C)(C)O[C@@H]21. The molecule has 0 radical (unpaired) electrons. The van der Waals surface area contributed by atoms with E-state index in [1.807, 2.05) is 13.8 Å². The van der Waals surface area contributed by atoms with Gasteiger partial charge in [-0.05, 0) is 29.8 Å². The van der Waals surface area contributed by atoms with Crippen LogP contribution in [0.1, 0.15) is 20.1 Å². The molecule has 3 rings (SSSR count). The van der Waals surface area contributed by atoms with Gasteiger partial charge in [-0.15, -0.1) is 6.58 Å². The van der Waals surface area contributed by atoms with E-state index in [-0.39, 0.29) is 21.5 Å². The van der Waals surface area contributed by atoms with Crippen molar-refractivity contribution >= 4 is 31.9 Å². The number of nitrogens with zero attached hydrogens (tertiary/aromatic N) is 1. The summed E-state index contributed by atoms with van der Waals surface area (Å²) in [4.78, 5) is 25.7. The van der Waals surface area contributed by atoms with E-state index in [4.69, 9.17) is 14.2 Å². The number of aromatic amines is 1. The second-order valence-electron chi connectivity index (χ2n) is 5.88. The maximum atomic E-state index is 12.2. The summed E-state index contributed by atoms with van der Waals surface area (Å²) in [7, 11) is 0. The predicted molar refractivity (Wildman–Crippen MR) is 89.7 cm³/mol. The molecule has 2 fully saturated rings. The topological polar surface area (TPSA) is 82.6 Å². The van der Waals surface area contributed by atoms with Gasteiger partial charge in [0.05, 0.1) is 9.30 Å². The van der Waals surface area contributed by atoms with Crippen molar-refractivity contribution in [3.8, 4) is 0 Å². The van der Waals surface area contributed by atoms with E-state index in [0.29, 0.717) is 0 Å². The summed E-state index contributed by atoms with van der Waals surface area (Å²) in [5, 5.41) is 0. The molecule has 5 atom stereocenters.